The van der Waals surface area contributed by atoms with Gasteiger partial charge in [0.05, 0.1) is 0 Å². The van der Waals surface area contributed by atoms with Crippen LogP contribution in [0, 0.1) is 11.6 Å². The van der Waals surface area contributed by atoms with Gasteiger partial charge in [0.1, 0.15) is 24.2 Å². The van der Waals surface area contributed by atoms with E-state index in [4.69, 9.17) is 0 Å². The molecule has 1 unspecified atom stereocenters. The van der Waals surface area contributed by atoms with Gasteiger partial charge in [-0.05, 0) is 111 Å². The second kappa shape index (κ2) is 22.8. The van der Waals surface area contributed by atoms with Crippen LogP contribution in [-0.4, -0.2) is 94.6 Å². The largest absolute Gasteiger partial charge is 0.363 e. The van der Waals surface area contributed by atoms with E-state index in [1.807, 2.05) is 142 Å². The second-order valence-corrected chi connectivity index (χ2v) is 17.3. The SMILES string of the molecule is CCN(CC)[C@@H](C(=O)N1CCCC1C(=O)Nc1ccc(CN(Cc2ccc(NC(=O)[C@@H]3CCCN3C(=O)[C@@H](c3ccccc3)N(CC)CC)cc2)c2ccc(F)c(F)c2)cc1)c1ccccc1. The summed E-state index contributed by atoms with van der Waals surface area (Å²) in [4.78, 5) is 65.5. The summed E-state index contributed by atoms with van der Waals surface area (Å²) in [7, 11) is 0. The van der Waals surface area contributed by atoms with Gasteiger partial charge in [0.2, 0.25) is 23.6 Å². The van der Waals surface area contributed by atoms with Crippen LogP contribution in [0.4, 0.5) is 25.8 Å². The summed E-state index contributed by atoms with van der Waals surface area (Å²) in [5.41, 5.74) is 5.17. The van der Waals surface area contributed by atoms with Gasteiger partial charge < -0.3 is 25.3 Å². The molecule has 7 rings (SSSR count). The Bertz CT molecular complexity index is 2290. The van der Waals surface area contributed by atoms with Crippen molar-refractivity contribution in [2.75, 3.05) is 54.8 Å². The average Bonchev–Trinajstić information content (AvgIpc) is 4.06. The van der Waals surface area contributed by atoms with E-state index < -0.39 is 35.8 Å². The molecule has 0 bridgehead atoms. The van der Waals surface area contributed by atoms with E-state index in [2.05, 4.69) is 20.4 Å². The van der Waals surface area contributed by atoms with Crippen LogP contribution in [0.2, 0.25) is 0 Å². The van der Waals surface area contributed by atoms with Gasteiger partial charge in [-0.3, -0.25) is 29.0 Å². The van der Waals surface area contributed by atoms with Crippen LogP contribution < -0.4 is 15.5 Å². The molecule has 0 aromatic heterocycles. The summed E-state index contributed by atoms with van der Waals surface area (Å²) in [5.74, 6) is -2.54. The van der Waals surface area contributed by atoms with Crippen molar-refractivity contribution in [2.24, 2.45) is 0 Å². The standard InChI is InChI=1S/C54H63F2N7O4/c1-5-59(6-2)49(40-17-11-9-12-18-40)53(66)62-33-15-21-47(62)51(64)57-42-27-23-38(24-28-42)36-61(44-31-32-45(55)46(56)35-44)37-39-25-29-43(30-26-39)58-52(65)48-22-16-34-63(48)54(67)50(60(7-3)8-4)41-19-13-10-14-20-41/h9-14,17-20,23-32,35,47-50H,5-8,15-16,21-22,33-34,36-37H2,1-4H3,(H,57,64)(H,58,65)/t47-,48?,49+,50+/m0/s1. The Morgan fingerprint density at radius 2 is 0.955 bits per heavy atom. The Kier molecular flexibility index (Phi) is 16.5. The highest BCUT2D eigenvalue weighted by Gasteiger charge is 2.41. The summed E-state index contributed by atoms with van der Waals surface area (Å²) in [5, 5.41) is 6.07. The highest BCUT2D eigenvalue weighted by molar-refractivity contribution is 5.99. The number of amides is 4. The van der Waals surface area contributed by atoms with Crippen molar-refractivity contribution in [1.29, 1.82) is 0 Å². The molecule has 0 saturated carbocycles. The van der Waals surface area contributed by atoms with Crippen LogP contribution in [0.25, 0.3) is 0 Å². The number of halogens is 2. The lowest BCUT2D eigenvalue weighted by molar-refractivity contribution is -0.141. The number of nitrogens with zero attached hydrogens (tertiary/aromatic N) is 5. The molecule has 11 nitrogen and oxygen atoms in total. The minimum Gasteiger partial charge on any atom is -0.363 e. The van der Waals surface area contributed by atoms with E-state index in [0.29, 0.717) is 82.3 Å². The first-order chi connectivity index (χ1) is 32.5. The van der Waals surface area contributed by atoms with Gasteiger partial charge in [-0.1, -0.05) is 113 Å². The molecule has 4 amide bonds. The van der Waals surface area contributed by atoms with Crippen molar-refractivity contribution >= 4 is 40.7 Å². The number of carbonyl (C=O) groups is 4. The molecule has 13 heteroatoms. The van der Waals surface area contributed by atoms with Crippen LogP contribution in [0.3, 0.4) is 0 Å². The van der Waals surface area contributed by atoms with Crippen LogP contribution in [0.15, 0.2) is 127 Å². The number of rotatable bonds is 19. The van der Waals surface area contributed by atoms with Crippen molar-refractivity contribution in [3.05, 3.63) is 161 Å². The van der Waals surface area contributed by atoms with E-state index in [9.17, 15) is 28.0 Å². The summed E-state index contributed by atoms with van der Waals surface area (Å²) in [6.07, 6.45) is 2.60. The second-order valence-electron chi connectivity index (χ2n) is 17.3. The molecule has 67 heavy (non-hydrogen) atoms. The number of nitrogens with one attached hydrogen (secondary N) is 2. The zero-order chi connectivity index (χ0) is 47.5. The fourth-order valence-corrected chi connectivity index (χ4v) is 9.59. The average molecular weight is 912 g/mol. The lowest BCUT2D eigenvalue weighted by Crippen LogP contribution is -2.48. The maximum absolute atomic E-state index is 14.7. The van der Waals surface area contributed by atoms with Crippen molar-refractivity contribution in [3.8, 4) is 0 Å². The molecule has 2 heterocycles. The topological polar surface area (TPSA) is 109 Å². The third-order valence-corrected chi connectivity index (χ3v) is 13.2. The number of carbonyl (C=O) groups excluding carboxylic acids is 4. The predicted octanol–water partition coefficient (Wildman–Crippen LogP) is 9.20. The van der Waals surface area contributed by atoms with E-state index >= 15 is 0 Å². The Labute approximate surface area is 393 Å². The van der Waals surface area contributed by atoms with E-state index in [-0.39, 0.29) is 23.6 Å². The maximum Gasteiger partial charge on any atom is 0.247 e. The van der Waals surface area contributed by atoms with E-state index in [1.54, 1.807) is 9.80 Å². The Hall–Kier alpha value is -6.44. The molecule has 0 spiro atoms. The number of anilines is 3. The van der Waals surface area contributed by atoms with Crippen molar-refractivity contribution < 1.29 is 28.0 Å². The number of likely N-dealkylation sites (tertiary alicyclic amines) is 2. The molecule has 4 atom stereocenters. The van der Waals surface area contributed by atoms with E-state index in [0.717, 1.165) is 41.2 Å². The quantitative estimate of drug-likeness (QED) is 0.0851. The van der Waals surface area contributed by atoms with Gasteiger partial charge >= 0.3 is 0 Å². The number of likely N-dealkylation sites (N-methyl/N-ethyl adjacent to an activating group) is 2. The third-order valence-electron chi connectivity index (χ3n) is 13.2. The summed E-state index contributed by atoms with van der Waals surface area (Å²) >= 11 is 0. The molecular formula is C54H63F2N7O4. The third kappa shape index (κ3) is 11.6. The lowest BCUT2D eigenvalue weighted by Gasteiger charge is -2.34. The van der Waals surface area contributed by atoms with Gasteiger partial charge in [0, 0.05) is 49.3 Å². The van der Waals surface area contributed by atoms with Crippen LogP contribution in [0.5, 0.6) is 0 Å². The van der Waals surface area contributed by atoms with Crippen LogP contribution in [-0.2, 0) is 32.3 Å². The first kappa shape index (κ1) is 48.5. The fraction of sp³-hybridized carbons (Fsp3) is 0.370. The molecule has 5 aromatic carbocycles. The van der Waals surface area contributed by atoms with Gasteiger partial charge in [-0.2, -0.15) is 0 Å². The highest BCUT2D eigenvalue weighted by atomic mass is 19.2. The van der Waals surface area contributed by atoms with Gasteiger partial charge in [-0.15, -0.1) is 0 Å². The maximum atomic E-state index is 14.7. The fourth-order valence-electron chi connectivity index (χ4n) is 9.59. The first-order valence-electron chi connectivity index (χ1n) is 23.7. The van der Waals surface area contributed by atoms with Crippen LogP contribution in [0.1, 0.15) is 87.7 Å². The minimum absolute atomic E-state index is 0.0768. The van der Waals surface area contributed by atoms with Crippen molar-refractivity contribution in [3.63, 3.8) is 0 Å². The smallest absolute Gasteiger partial charge is 0.247 e. The Morgan fingerprint density at radius 3 is 1.33 bits per heavy atom. The minimum atomic E-state index is -0.961. The highest BCUT2D eigenvalue weighted by Crippen LogP contribution is 2.31. The summed E-state index contributed by atoms with van der Waals surface area (Å²) in [6, 6.07) is 35.8. The molecule has 0 aliphatic carbocycles. The summed E-state index contributed by atoms with van der Waals surface area (Å²) in [6.45, 7) is 12.6. The van der Waals surface area contributed by atoms with Crippen molar-refractivity contribution in [1.82, 2.24) is 19.6 Å². The molecule has 2 fully saturated rings. The van der Waals surface area contributed by atoms with E-state index in [1.165, 1.54) is 12.1 Å². The zero-order valence-corrected chi connectivity index (χ0v) is 39.0. The monoisotopic (exact) mass is 911 g/mol. The normalized spacial score (nSPS) is 16.8. The molecule has 2 saturated heterocycles. The number of hydrogen-bond acceptors (Lipinski definition) is 7. The summed E-state index contributed by atoms with van der Waals surface area (Å²) < 4.78 is 28.8. The molecule has 5 aromatic rings. The molecule has 2 aliphatic rings. The molecular weight excluding hydrogens is 849 g/mol. The molecule has 352 valence electrons. The predicted molar refractivity (Wildman–Crippen MR) is 260 cm³/mol. The first-order valence-corrected chi connectivity index (χ1v) is 23.7. The number of benzene rings is 5. The Balaban J connectivity index is 1.00. The van der Waals surface area contributed by atoms with Gasteiger partial charge in [0.15, 0.2) is 11.6 Å². The molecule has 0 radical (unpaired) electrons. The zero-order valence-electron chi connectivity index (χ0n) is 39.0. The Morgan fingerprint density at radius 1 is 0.552 bits per heavy atom. The number of hydrogen-bond donors (Lipinski definition) is 2. The van der Waals surface area contributed by atoms with Crippen LogP contribution >= 0.6 is 0 Å². The van der Waals surface area contributed by atoms with Gasteiger partial charge in [-0.25, -0.2) is 8.78 Å². The molecule has 2 aliphatic heterocycles. The lowest BCUT2D eigenvalue weighted by atomic mass is 10.0. The molecule has 2 N–H and O–H groups in total. The van der Waals surface area contributed by atoms with Gasteiger partial charge in [0.25, 0.3) is 0 Å². The van der Waals surface area contributed by atoms with Crippen molar-refractivity contribution in [2.45, 2.75) is 90.6 Å².